The second-order valence-corrected chi connectivity index (χ2v) is 7.14. The van der Waals surface area contributed by atoms with Crippen molar-refractivity contribution < 1.29 is 19.3 Å². The lowest BCUT2D eigenvalue weighted by Crippen LogP contribution is -2.38. The largest absolute Gasteiger partial charge is 0.504 e. The quantitative estimate of drug-likeness (QED) is 0.797. The van der Waals surface area contributed by atoms with E-state index in [1.54, 1.807) is 31.6 Å². The van der Waals surface area contributed by atoms with Gasteiger partial charge in [0.15, 0.2) is 17.3 Å². The molecule has 0 unspecified atom stereocenters. The highest BCUT2D eigenvalue weighted by Crippen LogP contribution is 2.39. The van der Waals surface area contributed by atoms with E-state index in [0.717, 1.165) is 38.2 Å². The first-order valence-electron chi connectivity index (χ1n) is 9.69. The highest BCUT2D eigenvalue weighted by molar-refractivity contribution is 5.58. The van der Waals surface area contributed by atoms with Crippen LogP contribution in [0.25, 0.3) is 0 Å². The number of nitrogens with zero attached hydrogens (tertiary/aromatic N) is 1. The molecule has 0 atom stereocenters. The van der Waals surface area contributed by atoms with Crippen molar-refractivity contribution in [2.45, 2.75) is 12.8 Å². The van der Waals surface area contributed by atoms with Crippen molar-refractivity contribution >= 4 is 5.69 Å². The standard InChI is InChI=1S/C22H26N2O4/c1-26-20-7-3-2-5-18(20)24-11-9-16(10-12-24)13-23-14-17-15-27-21-8-4-6-19(25)22(21)28-17/h2-8,15-16,23,25H,9-14H2,1H3. The number of piperidine rings is 1. The number of phenols is 1. The highest BCUT2D eigenvalue weighted by atomic mass is 16.6. The van der Waals surface area contributed by atoms with Crippen molar-refractivity contribution in [2.24, 2.45) is 5.92 Å². The van der Waals surface area contributed by atoms with E-state index in [4.69, 9.17) is 14.2 Å². The lowest BCUT2D eigenvalue weighted by Gasteiger charge is -2.34. The number of methoxy groups -OCH3 is 1. The molecule has 0 aliphatic carbocycles. The van der Waals surface area contributed by atoms with Crippen LogP contribution in [0.4, 0.5) is 5.69 Å². The number of aromatic hydroxyl groups is 1. The summed E-state index contributed by atoms with van der Waals surface area (Å²) in [5, 5.41) is 13.3. The second kappa shape index (κ2) is 8.44. The number of benzene rings is 2. The third kappa shape index (κ3) is 4.02. The van der Waals surface area contributed by atoms with Crippen LogP contribution in [0.2, 0.25) is 0 Å². The zero-order chi connectivity index (χ0) is 19.3. The van der Waals surface area contributed by atoms with Crippen LogP contribution in [0.15, 0.2) is 54.5 Å². The molecular formula is C22H26N2O4. The van der Waals surface area contributed by atoms with E-state index in [1.807, 2.05) is 12.1 Å². The van der Waals surface area contributed by atoms with Crippen LogP contribution >= 0.6 is 0 Å². The van der Waals surface area contributed by atoms with Gasteiger partial charge < -0.3 is 29.5 Å². The minimum atomic E-state index is 0.0896. The average Bonchev–Trinajstić information content (AvgIpc) is 2.75. The first-order valence-corrected chi connectivity index (χ1v) is 9.69. The predicted molar refractivity (Wildman–Crippen MR) is 108 cm³/mol. The Bertz CT molecular complexity index is 844. The number of phenolic OH excluding ortho intramolecular Hbond substituents is 1. The van der Waals surface area contributed by atoms with Gasteiger partial charge in [0, 0.05) is 13.1 Å². The molecule has 2 aromatic carbocycles. The van der Waals surface area contributed by atoms with Gasteiger partial charge in [-0.1, -0.05) is 18.2 Å². The van der Waals surface area contributed by atoms with Crippen molar-refractivity contribution in [3.63, 3.8) is 0 Å². The number of rotatable bonds is 6. The van der Waals surface area contributed by atoms with Crippen LogP contribution < -0.4 is 24.4 Å². The van der Waals surface area contributed by atoms with Gasteiger partial charge >= 0.3 is 0 Å². The Hall–Kier alpha value is -2.86. The molecule has 0 spiro atoms. The summed E-state index contributed by atoms with van der Waals surface area (Å²) in [6.45, 7) is 3.54. The molecule has 4 rings (SSSR count). The fourth-order valence-corrected chi connectivity index (χ4v) is 3.73. The third-order valence-electron chi connectivity index (χ3n) is 5.28. The van der Waals surface area contributed by atoms with Gasteiger partial charge in [-0.15, -0.1) is 0 Å². The van der Waals surface area contributed by atoms with Gasteiger partial charge in [-0.05, 0) is 49.6 Å². The molecule has 2 aromatic rings. The number of nitrogens with one attached hydrogen (secondary N) is 1. The predicted octanol–water partition coefficient (Wildman–Crippen LogP) is 3.52. The minimum Gasteiger partial charge on any atom is -0.504 e. The van der Waals surface area contributed by atoms with Crippen LogP contribution in [-0.4, -0.2) is 38.4 Å². The van der Waals surface area contributed by atoms with Crippen LogP contribution in [0.3, 0.4) is 0 Å². The fourth-order valence-electron chi connectivity index (χ4n) is 3.73. The molecule has 1 saturated heterocycles. The van der Waals surface area contributed by atoms with Crippen molar-refractivity contribution in [3.05, 3.63) is 54.5 Å². The van der Waals surface area contributed by atoms with Gasteiger partial charge in [-0.2, -0.15) is 0 Å². The summed E-state index contributed by atoms with van der Waals surface area (Å²) in [5.41, 5.74) is 1.17. The molecule has 2 heterocycles. The Balaban J connectivity index is 1.23. The average molecular weight is 382 g/mol. The molecule has 0 bridgehead atoms. The topological polar surface area (TPSA) is 63.2 Å². The number of fused-ring (bicyclic) bond motifs is 1. The van der Waals surface area contributed by atoms with E-state index in [9.17, 15) is 5.11 Å². The molecule has 0 saturated carbocycles. The summed E-state index contributed by atoms with van der Waals surface area (Å²) >= 11 is 0. The summed E-state index contributed by atoms with van der Waals surface area (Å²) in [5.74, 6) is 3.23. The summed E-state index contributed by atoms with van der Waals surface area (Å²) in [4.78, 5) is 2.40. The Morgan fingerprint density at radius 2 is 1.96 bits per heavy atom. The number of hydrogen-bond acceptors (Lipinski definition) is 6. The normalized spacial score (nSPS) is 16.6. The van der Waals surface area contributed by atoms with Crippen molar-refractivity contribution in [2.75, 3.05) is 38.2 Å². The summed E-state index contributed by atoms with van der Waals surface area (Å²) in [6.07, 6.45) is 3.86. The zero-order valence-electron chi connectivity index (χ0n) is 16.1. The maximum Gasteiger partial charge on any atom is 0.211 e. The van der Waals surface area contributed by atoms with E-state index < -0.39 is 0 Å². The first kappa shape index (κ1) is 18.5. The SMILES string of the molecule is COc1ccccc1N1CCC(CNCC2=COc3cccc(O)c3O2)CC1. The Morgan fingerprint density at radius 3 is 2.79 bits per heavy atom. The molecule has 148 valence electrons. The van der Waals surface area contributed by atoms with Crippen molar-refractivity contribution in [3.8, 4) is 23.0 Å². The van der Waals surface area contributed by atoms with E-state index in [2.05, 4.69) is 22.3 Å². The van der Waals surface area contributed by atoms with Gasteiger partial charge in [-0.3, -0.25) is 0 Å². The molecule has 1 fully saturated rings. The molecule has 6 heteroatoms. The van der Waals surface area contributed by atoms with E-state index in [0.29, 0.717) is 29.7 Å². The first-order chi connectivity index (χ1) is 13.7. The molecular weight excluding hydrogens is 356 g/mol. The summed E-state index contributed by atoms with van der Waals surface area (Å²) in [6, 6.07) is 13.3. The lowest BCUT2D eigenvalue weighted by atomic mass is 9.96. The van der Waals surface area contributed by atoms with Crippen LogP contribution in [0.5, 0.6) is 23.0 Å². The minimum absolute atomic E-state index is 0.0896. The molecule has 6 nitrogen and oxygen atoms in total. The smallest absolute Gasteiger partial charge is 0.211 e. The van der Waals surface area contributed by atoms with Gasteiger partial charge in [0.25, 0.3) is 0 Å². The number of ether oxygens (including phenoxy) is 3. The highest BCUT2D eigenvalue weighted by Gasteiger charge is 2.22. The number of anilines is 1. The van der Waals surface area contributed by atoms with Gasteiger partial charge in [-0.25, -0.2) is 0 Å². The Morgan fingerprint density at radius 1 is 1.14 bits per heavy atom. The Kier molecular flexibility index (Phi) is 5.58. The second-order valence-electron chi connectivity index (χ2n) is 7.14. The van der Waals surface area contributed by atoms with Crippen molar-refractivity contribution in [1.82, 2.24) is 5.32 Å². The lowest BCUT2D eigenvalue weighted by molar-refractivity contribution is 0.293. The van der Waals surface area contributed by atoms with Gasteiger partial charge in [0.05, 0.1) is 19.3 Å². The molecule has 2 N–H and O–H groups in total. The monoisotopic (exact) mass is 382 g/mol. The zero-order valence-corrected chi connectivity index (χ0v) is 16.1. The molecule has 0 aromatic heterocycles. The Labute approximate surface area is 165 Å². The van der Waals surface area contributed by atoms with Gasteiger partial charge in [0.1, 0.15) is 12.0 Å². The molecule has 28 heavy (non-hydrogen) atoms. The van der Waals surface area contributed by atoms with Crippen LogP contribution in [0.1, 0.15) is 12.8 Å². The van der Waals surface area contributed by atoms with Crippen LogP contribution in [-0.2, 0) is 0 Å². The van der Waals surface area contributed by atoms with E-state index in [-0.39, 0.29) is 5.75 Å². The number of hydrogen-bond donors (Lipinski definition) is 2. The maximum absolute atomic E-state index is 9.89. The maximum atomic E-state index is 9.89. The summed E-state index contributed by atoms with van der Waals surface area (Å²) in [7, 11) is 1.72. The van der Waals surface area contributed by atoms with E-state index in [1.165, 1.54) is 5.69 Å². The molecule has 0 radical (unpaired) electrons. The molecule has 2 aliphatic heterocycles. The van der Waals surface area contributed by atoms with Gasteiger partial charge in [0.2, 0.25) is 5.75 Å². The van der Waals surface area contributed by atoms with Crippen molar-refractivity contribution in [1.29, 1.82) is 0 Å². The third-order valence-corrected chi connectivity index (χ3v) is 5.28. The molecule has 0 amide bonds. The number of para-hydroxylation sites is 3. The fraction of sp³-hybridized carbons (Fsp3) is 0.364. The van der Waals surface area contributed by atoms with Crippen LogP contribution in [0, 0.1) is 5.92 Å². The molecule has 2 aliphatic rings. The summed E-state index contributed by atoms with van der Waals surface area (Å²) < 4.78 is 16.8. The van der Waals surface area contributed by atoms with E-state index >= 15 is 0 Å².